The summed E-state index contributed by atoms with van der Waals surface area (Å²) in [6.07, 6.45) is 0. The van der Waals surface area contributed by atoms with Crippen molar-refractivity contribution in [3.05, 3.63) is 51.2 Å². The molecule has 0 aliphatic heterocycles. The van der Waals surface area contributed by atoms with Crippen LogP contribution in [0.1, 0.15) is 45.4 Å². The molecule has 2 aromatic rings. The van der Waals surface area contributed by atoms with Gasteiger partial charge in [-0.1, -0.05) is 26.0 Å². The molecule has 0 fully saturated rings. The molecular formula is C16H19NOS. The number of carbonyl (C=O) groups excluding carboxylic acids is 1. The fourth-order valence-electron chi connectivity index (χ4n) is 1.83. The third kappa shape index (κ3) is 3.24. The average molecular weight is 273 g/mol. The Morgan fingerprint density at radius 3 is 2.26 bits per heavy atom. The minimum Gasteiger partial charge on any atom is -0.321 e. The first-order chi connectivity index (χ1) is 8.97. The summed E-state index contributed by atoms with van der Waals surface area (Å²) in [6.45, 7) is 8.38. The number of amides is 1. The lowest BCUT2D eigenvalue weighted by atomic mass is 10.0. The van der Waals surface area contributed by atoms with Crippen LogP contribution in [0.15, 0.2) is 30.3 Å². The molecule has 0 radical (unpaired) electrons. The van der Waals surface area contributed by atoms with Crippen LogP contribution in [0.2, 0.25) is 0 Å². The van der Waals surface area contributed by atoms with Gasteiger partial charge in [0.2, 0.25) is 0 Å². The van der Waals surface area contributed by atoms with Crippen LogP contribution in [0.3, 0.4) is 0 Å². The van der Waals surface area contributed by atoms with E-state index in [1.807, 2.05) is 32.0 Å². The summed E-state index contributed by atoms with van der Waals surface area (Å²) in [4.78, 5) is 14.1. The summed E-state index contributed by atoms with van der Waals surface area (Å²) in [5, 5.41) is 2.94. The van der Waals surface area contributed by atoms with E-state index in [9.17, 15) is 4.79 Å². The zero-order valence-corrected chi connectivity index (χ0v) is 12.6. The molecule has 1 aromatic carbocycles. The van der Waals surface area contributed by atoms with Crippen LogP contribution in [0.4, 0.5) is 5.69 Å². The number of carbonyl (C=O) groups is 1. The van der Waals surface area contributed by atoms with Crippen molar-refractivity contribution in [2.24, 2.45) is 0 Å². The van der Waals surface area contributed by atoms with Gasteiger partial charge in [-0.3, -0.25) is 4.79 Å². The van der Waals surface area contributed by atoms with E-state index in [1.165, 1.54) is 27.3 Å². The van der Waals surface area contributed by atoms with E-state index in [1.54, 1.807) is 0 Å². The maximum atomic E-state index is 12.1. The van der Waals surface area contributed by atoms with Crippen molar-refractivity contribution in [1.29, 1.82) is 0 Å². The Kier molecular flexibility index (Phi) is 4.05. The van der Waals surface area contributed by atoms with Gasteiger partial charge < -0.3 is 5.32 Å². The molecule has 0 spiro atoms. The predicted molar refractivity (Wildman–Crippen MR) is 82.3 cm³/mol. The van der Waals surface area contributed by atoms with Gasteiger partial charge in [0.15, 0.2) is 0 Å². The summed E-state index contributed by atoms with van der Waals surface area (Å²) < 4.78 is 0. The lowest BCUT2D eigenvalue weighted by molar-refractivity contribution is 0.103. The Bertz CT molecular complexity index is 562. The molecule has 19 heavy (non-hydrogen) atoms. The molecule has 1 aromatic heterocycles. The largest absolute Gasteiger partial charge is 0.321 e. The van der Waals surface area contributed by atoms with E-state index >= 15 is 0 Å². The minimum absolute atomic E-state index is 0.0292. The first-order valence-corrected chi connectivity index (χ1v) is 7.27. The van der Waals surface area contributed by atoms with Crippen LogP contribution >= 0.6 is 11.3 Å². The van der Waals surface area contributed by atoms with Gasteiger partial charge in [-0.05, 0) is 49.1 Å². The van der Waals surface area contributed by atoms with Crippen molar-refractivity contribution < 1.29 is 4.79 Å². The topological polar surface area (TPSA) is 29.1 Å². The third-order valence-corrected chi connectivity index (χ3v) is 4.38. The van der Waals surface area contributed by atoms with Crippen LogP contribution in [0.5, 0.6) is 0 Å². The van der Waals surface area contributed by atoms with Gasteiger partial charge in [0.1, 0.15) is 0 Å². The number of hydrogen-bond donors (Lipinski definition) is 1. The number of rotatable bonds is 3. The van der Waals surface area contributed by atoms with Crippen molar-refractivity contribution in [2.75, 3.05) is 5.32 Å². The van der Waals surface area contributed by atoms with Crippen LogP contribution in [-0.4, -0.2) is 5.91 Å². The number of thiophene rings is 1. The lowest BCUT2D eigenvalue weighted by Crippen LogP contribution is -2.10. The fraction of sp³-hybridized carbons (Fsp3) is 0.312. The lowest BCUT2D eigenvalue weighted by Gasteiger charge is -2.07. The Labute approximate surface area is 118 Å². The molecule has 0 saturated heterocycles. The predicted octanol–water partition coefficient (Wildman–Crippen LogP) is 4.74. The van der Waals surface area contributed by atoms with Crippen molar-refractivity contribution >= 4 is 22.9 Å². The maximum absolute atomic E-state index is 12.1. The molecule has 2 nitrogen and oxygen atoms in total. The highest BCUT2D eigenvalue weighted by Gasteiger charge is 2.10. The Balaban J connectivity index is 2.10. The van der Waals surface area contributed by atoms with Crippen molar-refractivity contribution in [3.63, 3.8) is 0 Å². The van der Waals surface area contributed by atoms with Gasteiger partial charge in [-0.25, -0.2) is 0 Å². The van der Waals surface area contributed by atoms with E-state index in [4.69, 9.17) is 0 Å². The van der Waals surface area contributed by atoms with Crippen LogP contribution in [0.25, 0.3) is 0 Å². The molecule has 0 saturated carbocycles. The zero-order chi connectivity index (χ0) is 14.0. The quantitative estimate of drug-likeness (QED) is 0.859. The normalized spacial score (nSPS) is 10.8. The van der Waals surface area contributed by atoms with Crippen LogP contribution in [-0.2, 0) is 0 Å². The van der Waals surface area contributed by atoms with Crippen molar-refractivity contribution in [1.82, 2.24) is 0 Å². The maximum Gasteiger partial charge on any atom is 0.265 e. The Hall–Kier alpha value is -1.61. The Morgan fingerprint density at radius 1 is 1.16 bits per heavy atom. The summed E-state index contributed by atoms with van der Waals surface area (Å²) in [7, 11) is 0. The number of aryl methyl sites for hydroxylation is 2. The molecule has 1 N–H and O–H groups in total. The second-order valence-electron chi connectivity index (χ2n) is 5.08. The van der Waals surface area contributed by atoms with Gasteiger partial charge in [-0.2, -0.15) is 0 Å². The molecule has 100 valence electrons. The first-order valence-electron chi connectivity index (χ1n) is 6.45. The van der Waals surface area contributed by atoms with Gasteiger partial charge >= 0.3 is 0 Å². The Morgan fingerprint density at radius 2 is 1.79 bits per heavy atom. The molecule has 1 amide bonds. The highest BCUT2D eigenvalue weighted by atomic mass is 32.1. The average Bonchev–Trinajstić information content (AvgIpc) is 2.70. The second kappa shape index (κ2) is 5.57. The number of hydrogen-bond acceptors (Lipinski definition) is 2. The van der Waals surface area contributed by atoms with Crippen molar-refractivity contribution in [3.8, 4) is 0 Å². The SMILES string of the molecule is Cc1cc(C(=O)Nc2ccc(C(C)C)cc2)sc1C. The third-order valence-electron chi connectivity index (χ3n) is 3.22. The van der Waals surface area contributed by atoms with Crippen LogP contribution < -0.4 is 5.32 Å². The highest BCUT2D eigenvalue weighted by Crippen LogP contribution is 2.22. The summed E-state index contributed by atoms with van der Waals surface area (Å²) in [5.41, 5.74) is 3.30. The van der Waals surface area contributed by atoms with Crippen molar-refractivity contribution in [2.45, 2.75) is 33.6 Å². The molecule has 0 aliphatic carbocycles. The molecular weight excluding hydrogens is 254 g/mol. The number of benzene rings is 1. The van der Waals surface area contributed by atoms with Gasteiger partial charge in [0, 0.05) is 10.6 Å². The van der Waals surface area contributed by atoms with E-state index in [-0.39, 0.29) is 5.91 Å². The highest BCUT2D eigenvalue weighted by molar-refractivity contribution is 7.14. The smallest absolute Gasteiger partial charge is 0.265 e. The van der Waals surface area contributed by atoms with Gasteiger partial charge in [-0.15, -0.1) is 11.3 Å². The number of nitrogens with one attached hydrogen (secondary N) is 1. The summed E-state index contributed by atoms with van der Waals surface area (Å²) >= 11 is 1.54. The molecule has 3 heteroatoms. The minimum atomic E-state index is -0.0292. The van der Waals surface area contributed by atoms with Gasteiger partial charge in [0.25, 0.3) is 5.91 Å². The monoisotopic (exact) mass is 273 g/mol. The molecule has 0 atom stereocenters. The fourth-order valence-corrected chi connectivity index (χ4v) is 2.76. The molecule has 0 aliphatic rings. The second-order valence-corrected chi connectivity index (χ2v) is 6.34. The zero-order valence-electron chi connectivity index (χ0n) is 11.8. The number of anilines is 1. The molecule has 1 heterocycles. The van der Waals surface area contributed by atoms with E-state index in [0.29, 0.717) is 5.92 Å². The summed E-state index contributed by atoms with van der Waals surface area (Å²) in [5.74, 6) is 0.478. The molecule has 0 bridgehead atoms. The first kappa shape index (κ1) is 13.8. The van der Waals surface area contributed by atoms with E-state index < -0.39 is 0 Å². The summed E-state index contributed by atoms with van der Waals surface area (Å²) in [6, 6.07) is 9.98. The molecule has 2 rings (SSSR count). The standard InChI is InChI=1S/C16H19NOS/c1-10(2)13-5-7-14(8-6-13)17-16(18)15-9-11(3)12(4)19-15/h5-10H,1-4H3,(H,17,18). The molecule has 0 unspecified atom stereocenters. The van der Waals surface area contributed by atoms with Gasteiger partial charge in [0.05, 0.1) is 4.88 Å². The van der Waals surface area contributed by atoms with E-state index in [0.717, 1.165) is 10.6 Å². The van der Waals surface area contributed by atoms with Crippen LogP contribution in [0, 0.1) is 13.8 Å². The van der Waals surface area contributed by atoms with E-state index in [2.05, 4.69) is 31.3 Å².